The van der Waals surface area contributed by atoms with Crippen molar-refractivity contribution in [1.82, 2.24) is 4.98 Å². The van der Waals surface area contributed by atoms with Crippen molar-refractivity contribution in [3.63, 3.8) is 0 Å². The lowest BCUT2D eigenvalue weighted by Gasteiger charge is -2.10. The average molecular weight is 271 g/mol. The molecular formula is C16H17NO3. The Morgan fingerprint density at radius 1 is 1.20 bits per heavy atom. The van der Waals surface area contributed by atoms with Crippen LogP contribution in [0.2, 0.25) is 0 Å². The maximum absolute atomic E-state index is 11.1. The summed E-state index contributed by atoms with van der Waals surface area (Å²) in [5.41, 5.74) is 1.96. The van der Waals surface area contributed by atoms with Gasteiger partial charge in [0, 0.05) is 11.8 Å². The van der Waals surface area contributed by atoms with Crippen molar-refractivity contribution in [1.29, 1.82) is 0 Å². The first-order valence-corrected chi connectivity index (χ1v) is 6.64. The van der Waals surface area contributed by atoms with Gasteiger partial charge < -0.3 is 9.84 Å². The zero-order chi connectivity index (χ0) is 14.5. The third kappa shape index (κ3) is 3.15. The van der Waals surface area contributed by atoms with E-state index in [0.717, 1.165) is 12.0 Å². The minimum atomic E-state index is -0.976. The topological polar surface area (TPSA) is 59.4 Å². The van der Waals surface area contributed by atoms with E-state index in [1.165, 1.54) is 6.07 Å². The van der Waals surface area contributed by atoms with E-state index >= 15 is 0 Å². The Morgan fingerprint density at radius 3 is 2.60 bits per heavy atom. The molecule has 4 nitrogen and oxygen atoms in total. The van der Waals surface area contributed by atoms with Crippen LogP contribution in [0.1, 0.15) is 35.5 Å². The molecule has 0 aliphatic carbocycles. The van der Waals surface area contributed by atoms with E-state index < -0.39 is 5.97 Å². The highest BCUT2D eigenvalue weighted by atomic mass is 16.5. The molecule has 0 aliphatic rings. The molecule has 0 saturated heterocycles. The largest absolute Gasteiger partial charge is 0.478 e. The Bertz CT molecular complexity index is 623. The van der Waals surface area contributed by atoms with Crippen molar-refractivity contribution in [2.24, 2.45) is 0 Å². The Balaban J connectivity index is 2.37. The predicted octanol–water partition coefficient (Wildman–Crippen LogP) is 3.70. The maximum atomic E-state index is 11.1. The van der Waals surface area contributed by atoms with Crippen molar-refractivity contribution in [3.05, 3.63) is 53.2 Å². The van der Waals surface area contributed by atoms with Crippen LogP contribution >= 0.6 is 0 Å². The molecule has 0 saturated carbocycles. The molecule has 1 heterocycles. The molecular weight excluding hydrogens is 254 g/mol. The second-order valence-corrected chi connectivity index (χ2v) is 4.41. The summed E-state index contributed by atoms with van der Waals surface area (Å²) >= 11 is 0. The summed E-state index contributed by atoms with van der Waals surface area (Å²) in [7, 11) is 0. The quantitative estimate of drug-likeness (QED) is 0.900. The molecule has 0 radical (unpaired) electrons. The third-order valence-corrected chi connectivity index (χ3v) is 3.03. The molecule has 0 atom stereocenters. The molecule has 1 aromatic carbocycles. The van der Waals surface area contributed by atoms with E-state index in [9.17, 15) is 4.79 Å². The van der Waals surface area contributed by atoms with Crippen molar-refractivity contribution in [3.8, 4) is 11.6 Å². The van der Waals surface area contributed by atoms with Crippen molar-refractivity contribution in [2.45, 2.75) is 26.7 Å². The summed E-state index contributed by atoms with van der Waals surface area (Å²) in [6.45, 7) is 3.97. The van der Waals surface area contributed by atoms with Crippen LogP contribution in [-0.4, -0.2) is 16.1 Å². The molecule has 0 bridgehead atoms. The first kappa shape index (κ1) is 14.1. The van der Waals surface area contributed by atoms with Gasteiger partial charge in [0.1, 0.15) is 5.75 Å². The van der Waals surface area contributed by atoms with Gasteiger partial charge in [-0.1, -0.05) is 32.0 Å². The van der Waals surface area contributed by atoms with Gasteiger partial charge in [0.15, 0.2) is 0 Å². The SMILES string of the molecule is CCc1cc(C(=O)O)cc(Oc2ccccc2CC)n1. The van der Waals surface area contributed by atoms with Gasteiger partial charge in [0.25, 0.3) is 0 Å². The van der Waals surface area contributed by atoms with Crippen LogP contribution in [0.4, 0.5) is 0 Å². The number of para-hydroxylation sites is 1. The Hall–Kier alpha value is -2.36. The van der Waals surface area contributed by atoms with E-state index in [4.69, 9.17) is 9.84 Å². The molecule has 1 aromatic heterocycles. The second-order valence-electron chi connectivity index (χ2n) is 4.41. The van der Waals surface area contributed by atoms with Crippen molar-refractivity contribution >= 4 is 5.97 Å². The number of aromatic carboxylic acids is 1. The fourth-order valence-corrected chi connectivity index (χ4v) is 1.93. The van der Waals surface area contributed by atoms with E-state index in [2.05, 4.69) is 4.98 Å². The molecule has 2 aromatic rings. The van der Waals surface area contributed by atoms with Gasteiger partial charge in [0.05, 0.1) is 5.56 Å². The number of carbonyl (C=O) groups is 1. The van der Waals surface area contributed by atoms with Gasteiger partial charge in [-0.05, 0) is 30.5 Å². The molecule has 104 valence electrons. The molecule has 0 unspecified atom stereocenters. The van der Waals surface area contributed by atoms with Gasteiger partial charge in [-0.15, -0.1) is 0 Å². The van der Waals surface area contributed by atoms with Crippen molar-refractivity contribution < 1.29 is 14.6 Å². The average Bonchev–Trinajstić information content (AvgIpc) is 2.47. The van der Waals surface area contributed by atoms with Crippen LogP contribution in [0.3, 0.4) is 0 Å². The number of aromatic nitrogens is 1. The number of ether oxygens (including phenoxy) is 1. The van der Waals surface area contributed by atoms with Crippen LogP contribution in [0.25, 0.3) is 0 Å². The summed E-state index contributed by atoms with van der Waals surface area (Å²) in [5, 5.41) is 9.11. The van der Waals surface area contributed by atoms with Crippen LogP contribution in [-0.2, 0) is 12.8 Å². The van der Waals surface area contributed by atoms with Crippen LogP contribution in [0.15, 0.2) is 36.4 Å². The number of rotatable bonds is 5. The lowest BCUT2D eigenvalue weighted by atomic mass is 10.1. The first-order valence-electron chi connectivity index (χ1n) is 6.64. The molecule has 2 rings (SSSR count). The number of carboxylic acids is 1. The highest BCUT2D eigenvalue weighted by molar-refractivity contribution is 5.88. The number of pyridine rings is 1. The fourth-order valence-electron chi connectivity index (χ4n) is 1.93. The number of benzene rings is 1. The fraction of sp³-hybridized carbons (Fsp3) is 0.250. The zero-order valence-electron chi connectivity index (χ0n) is 11.6. The lowest BCUT2D eigenvalue weighted by Crippen LogP contribution is -2.02. The van der Waals surface area contributed by atoms with Crippen LogP contribution in [0.5, 0.6) is 11.6 Å². The normalized spacial score (nSPS) is 10.3. The van der Waals surface area contributed by atoms with Gasteiger partial charge in [0.2, 0.25) is 5.88 Å². The number of hydrogen-bond acceptors (Lipinski definition) is 3. The summed E-state index contributed by atoms with van der Waals surface area (Å²) in [5.74, 6) is 0.0606. The van der Waals surface area contributed by atoms with Crippen LogP contribution in [0, 0.1) is 0 Å². The van der Waals surface area contributed by atoms with Crippen molar-refractivity contribution in [2.75, 3.05) is 0 Å². The minimum Gasteiger partial charge on any atom is -0.478 e. The number of nitrogens with zero attached hydrogens (tertiary/aromatic N) is 1. The standard InChI is InChI=1S/C16H17NO3/c1-3-11-7-5-6-8-14(11)20-15-10-12(16(18)19)9-13(4-2)17-15/h5-10H,3-4H2,1-2H3,(H,18,19). The minimum absolute atomic E-state index is 0.195. The number of aryl methyl sites for hydroxylation is 2. The predicted molar refractivity (Wildman–Crippen MR) is 76.5 cm³/mol. The first-order chi connectivity index (χ1) is 9.63. The van der Waals surface area contributed by atoms with Crippen LogP contribution < -0.4 is 4.74 Å². The molecule has 20 heavy (non-hydrogen) atoms. The monoisotopic (exact) mass is 271 g/mol. The molecule has 1 N–H and O–H groups in total. The number of carboxylic acid groups (broad SMARTS) is 1. The van der Waals surface area contributed by atoms with Gasteiger partial charge in [-0.3, -0.25) is 0 Å². The molecule has 0 aliphatic heterocycles. The Kier molecular flexibility index (Phi) is 4.35. The lowest BCUT2D eigenvalue weighted by molar-refractivity contribution is 0.0696. The molecule has 0 fully saturated rings. The Morgan fingerprint density at radius 2 is 1.95 bits per heavy atom. The molecule has 4 heteroatoms. The smallest absolute Gasteiger partial charge is 0.335 e. The molecule has 0 amide bonds. The number of hydrogen-bond donors (Lipinski definition) is 1. The molecule has 0 spiro atoms. The van der Waals surface area contributed by atoms with E-state index in [1.54, 1.807) is 6.07 Å². The van der Waals surface area contributed by atoms with E-state index in [1.807, 2.05) is 38.1 Å². The summed E-state index contributed by atoms with van der Waals surface area (Å²) < 4.78 is 5.76. The van der Waals surface area contributed by atoms with E-state index in [0.29, 0.717) is 23.7 Å². The third-order valence-electron chi connectivity index (χ3n) is 3.03. The summed E-state index contributed by atoms with van der Waals surface area (Å²) in [6.07, 6.45) is 1.50. The Labute approximate surface area is 118 Å². The summed E-state index contributed by atoms with van der Waals surface area (Å²) in [4.78, 5) is 15.4. The van der Waals surface area contributed by atoms with Gasteiger partial charge >= 0.3 is 5.97 Å². The van der Waals surface area contributed by atoms with Gasteiger partial charge in [-0.2, -0.15) is 0 Å². The maximum Gasteiger partial charge on any atom is 0.335 e. The highest BCUT2D eigenvalue weighted by Crippen LogP contribution is 2.25. The van der Waals surface area contributed by atoms with Gasteiger partial charge in [-0.25, -0.2) is 9.78 Å². The zero-order valence-corrected chi connectivity index (χ0v) is 11.6. The van der Waals surface area contributed by atoms with E-state index in [-0.39, 0.29) is 5.56 Å². The second kappa shape index (κ2) is 6.19. The summed E-state index contributed by atoms with van der Waals surface area (Å²) in [6, 6.07) is 10.7. The highest BCUT2D eigenvalue weighted by Gasteiger charge is 2.10.